The number of halogens is 2. The van der Waals surface area contributed by atoms with Crippen LogP contribution in [-0.2, 0) is 15.0 Å². The first-order valence-corrected chi connectivity index (χ1v) is 12.2. The number of hydrogen-bond acceptors (Lipinski definition) is 4. The fourth-order valence-electron chi connectivity index (χ4n) is 5.12. The molecule has 0 N–H and O–H groups in total. The second-order valence-corrected chi connectivity index (χ2v) is 10.3. The Hall–Kier alpha value is -3.06. The van der Waals surface area contributed by atoms with Crippen LogP contribution in [0.1, 0.15) is 45.4 Å². The summed E-state index contributed by atoms with van der Waals surface area (Å²) in [5.41, 5.74) is 0.853. The summed E-state index contributed by atoms with van der Waals surface area (Å²) in [6.45, 7) is 13.0. The van der Waals surface area contributed by atoms with Crippen molar-refractivity contribution in [2.45, 2.75) is 45.6 Å². The molecule has 4 rings (SSSR count). The number of piperazine rings is 1. The van der Waals surface area contributed by atoms with Crippen molar-refractivity contribution in [2.75, 3.05) is 19.6 Å². The van der Waals surface area contributed by atoms with E-state index < -0.39 is 11.2 Å². The number of aromatic nitrogens is 1. The Morgan fingerprint density at radius 3 is 2.66 bits per heavy atom. The topological polar surface area (TPSA) is 65.9 Å². The summed E-state index contributed by atoms with van der Waals surface area (Å²) in [6.07, 6.45) is 1.85. The lowest BCUT2D eigenvalue weighted by atomic mass is 9.74. The van der Waals surface area contributed by atoms with E-state index in [0.29, 0.717) is 48.8 Å². The molecule has 2 aliphatic heterocycles. The number of nitrogens with zero attached hydrogens (tertiary/aromatic N) is 4. The normalized spacial score (nSPS) is 22.2. The van der Waals surface area contributed by atoms with Crippen LogP contribution in [0.5, 0.6) is 0 Å². The molecule has 8 heteroatoms. The van der Waals surface area contributed by atoms with E-state index in [1.54, 1.807) is 29.2 Å². The molecule has 2 atom stereocenters. The molecule has 6 nitrogen and oxygen atoms in total. The SMILES string of the molecule is C=CC(=O)N1CCN(C2=NC(=O)[C@@](C)(CC(C)C)c3nc(-c4ccccc4F)c(Cl)cc32)[C@@H](C)C1. The fraction of sp³-hybridized carbons (Fsp3) is 0.407. The molecule has 2 amide bonds. The van der Waals surface area contributed by atoms with Gasteiger partial charge in [-0.1, -0.05) is 44.2 Å². The number of carbonyl (C=O) groups excluding carboxylic acids is 2. The number of amidine groups is 1. The van der Waals surface area contributed by atoms with E-state index in [1.165, 1.54) is 12.1 Å². The van der Waals surface area contributed by atoms with Crippen molar-refractivity contribution in [2.24, 2.45) is 10.9 Å². The predicted octanol–water partition coefficient (Wildman–Crippen LogP) is 4.85. The lowest BCUT2D eigenvalue weighted by Crippen LogP contribution is -2.57. The highest BCUT2D eigenvalue weighted by atomic mass is 35.5. The van der Waals surface area contributed by atoms with Crippen LogP contribution in [0.2, 0.25) is 5.02 Å². The molecule has 0 bridgehead atoms. The summed E-state index contributed by atoms with van der Waals surface area (Å²) in [4.78, 5) is 38.8. The molecule has 3 heterocycles. The minimum atomic E-state index is -0.971. The molecule has 35 heavy (non-hydrogen) atoms. The standard InChI is InChI=1S/C27H30ClFN4O2/c1-6-22(34)32-11-12-33(17(4)15-32)25-19-13-20(28)23(18-9-7-8-10-21(18)29)30-24(19)27(5,14-16(2)3)26(35)31-25/h6-10,13,16-17H,1,11-12,14-15H2,2-5H3/t17-,27-/m0/s1. The molecule has 2 aromatic rings. The van der Waals surface area contributed by atoms with E-state index in [2.05, 4.69) is 11.6 Å². The van der Waals surface area contributed by atoms with Crippen molar-refractivity contribution < 1.29 is 14.0 Å². The zero-order valence-electron chi connectivity index (χ0n) is 20.5. The third-order valence-electron chi connectivity index (χ3n) is 6.75. The fourth-order valence-corrected chi connectivity index (χ4v) is 5.38. The summed E-state index contributed by atoms with van der Waals surface area (Å²) in [6, 6.07) is 8.00. The van der Waals surface area contributed by atoms with Gasteiger partial charge in [-0.15, -0.1) is 0 Å². The van der Waals surface area contributed by atoms with Gasteiger partial charge in [-0.25, -0.2) is 9.37 Å². The molecule has 0 unspecified atom stereocenters. The minimum Gasteiger partial charge on any atom is -0.350 e. The molecule has 0 aliphatic carbocycles. The van der Waals surface area contributed by atoms with Gasteiger partial charge in [-0.2, -0.15) is 4.99 Å². The Bertz CT molecular complexity index is 1230. The second-order valence-electron chi connectivity index (χ2n) is 9.90. The number of hydrogen-bond donors (Lipinski definition) is 0. The zero-order valence-corrected chi connectivity index (χ0v) is 21.3. The van der Waals surface area contributed by atoms with E-state index >= 15 is 0 Å². The largest absolute Gasteiger partial charge is 0.350 e. The van der Waals surface area contributed by atoms with Crippen LogP contribution in [0, 0.1) is 11.7 Å². The van der Waals surface area contributed by atoms with Gasteiger partial charge < -0.3 is 9.80 Å². The van der Waals surface area contributed by atoms with Crippen LogP contribution in [0.3, 0.4) is 0 Å². The highest BCUT2D eigenvalue weighted by Crippen LogP contribution is 2.41. The van der Waals surface area contributed by atoms with Crippen LogP contribution in [-0.4, -0.2) is 58.1 Å². The van der Waals surface area contributed by atoms with Crippen molar-refractivity contribution >= 4 is 29.3 Å². The number of pyridine rings is 1. The maximum atomic E-state index is 14.7. The molecule has 2 aliphatic rings. The molecule has 1 aromatic carbocycles. The number of amides is 2. The van der Waals surface area contributed by atoms with Gasteiger partial charge in [0.25, 0.3) is 5.91 Å². The van der Waals surface area contributed by atoms with Crippen LogP contribution in [0.15, 0.2) is 48.0 Å². The molecule has 184 valence electrons. The van der Waals surface area contributed by atoms with Gasteiger partial charge in [0.2, 0.25) is 5.91 Å². The van der Waals surface area contributed by atoms with Gasteiger partial charge in [0.05, 0.1) is 21.8 Å². The van der Waals surface area contributed by atoms with Crippen LogP contribution in [0.4, 0.5) is 4.39 Å². The van der Waals surface area contributed by atoms with Crippen LogP contribution >= 0.6 is 11.6 Å². The first-order chi connectivity index (χ1) is 16.6. The Balaban J connectivity index is 1.85. The third-order valence-corrected chi connectivity index (χ3v) is 7.04. The molecule has 1 aromatic heterocycles. The van der Waals surface area contributed by atoms with Gasteiger partial charge in [-0.05, 0) is 50.5 Å². The van der Waals surface area contributed by atoms with Gasteiger partial charge >= 0.3 is 0 Å². The summed E-state index contributed by atoms with van der Waals surface area (Å²) in [7, 11) is 0. The maximum absolute atomic E-state index is 14.7. The number of fused-ring (bicyclic) bond motifs is 1. The highest BCUT2D eigenvalue weighted by Gasteiger charge is 2.45. The van der Waals surface area contributed by atoms with E-state index in [1.807, 2.05) is 32.6 Å². The molecular weight excluding hydrogens is 467 g/mol. The third kappa shape index (κ3) is 4.49. The number of aliphatic imine (C=N–C) groups is 1. The summed E-state index contributed by atoms with van der Waals surface area (Å²) >= 11 is 6.68. The second kappa shape index (κ2) is 9.53. The Morgan fingerprint density at radius 2 is 2.03 bits per heavy atom. The lowest BCUT2D eigenvalue weighted by Gasteiger charge is -2.43. The summed E-state index contributed by atoms with van der Waals surface area (Å²) in [5.74, 6) is -0.128. The van der Waals surface area contributed by atoms with Crippen molar-refractivity contribution in [3.8, 4) is 11.3 Å². The van der Waals surface area contributed by atoms with Gasteiger partial charge in [0.15, 0.2) is 0 Å². The first-order valence-electron chi connectivity index (χ1n) is 11.8. The molecule has 0 spiro atoms. The number of carbonyl (C=O) groups is 2. The average Bonchev–Trinajstić information content (AvgIpc) is 2.81. The van der Waals surface area contributed by atoms with E-state index in [4.69, 9.17) is 16.6 Å². The lowest BCUT2D eigenvalue weighted by molar-refractivity contribution is -0.128. The van der Waals surface area contributed by atoms with Crippen LogP contribution in [0.25, 0.3) is 11.3 Å². The van der Waals surface area contributed by atoms with E-state index in [0.717, 1.165) is 0 Å². The smallest absolute Gasteiger partial charge is 0.259 e. The minimum absolute atomic E-state index is 0.0912. The van der Waals surface area contributed by atoms with Crippen LogP contribution < -0.4 is 0 Å². The maximum Gasteiger partial charge on any atom is 0.259 e. The monoisotopic (exact) mass is 496 g/mol. The van der Waals surface area contributed by atoms with E-state index in [9.17, 15) is 14.0 Å². The summed E-state index contributed by atoms with van der Waals surface area (Å²) in [5, 5.41) is 0.288. The summed E-state index contributed by atoms with van der Waals surface area (Å²) < 4.78 is 14.7. The zero-order chi connectivity index (χ0) is 25.5. The van der Waals surface area contributed by atoms with Crippen molar-refractivity contribution in [3.05, 3.63) is 65.1 Å². The Kier molecular flexibility index (Phi) is 6.82. The Morgan fingerprint density at radius 1 is 1.31 bits per heavy atom. The average molecular weight is 497 g/mol. The van der Waals surface area contributed by atoms with E-state index in [-0.39, 0.29) is 34.4 Å². The van der Waals surface area contributed by atoms with Gasteiger partial charge in [0, 0.05) is 36.8 Å². The molecule has 1 saturated heterocycles. The molecule has 0 saturated carbocycles. The molecule has 0 radical (unpaired) electrons. The number of benzene rings is 1. The predicted molar refractivity (Wildman–Crippen MR) is 136 cm³/mol. The van der Waals surface area contributed by atoms with Gasteiger partial charge in [0.1, 0.15) is 11.7 Å². The Labute approximate surface area is 210 Å². The number of rotatable bonds is 4. The van der Waals surface area contributed by atoms with Gasteiger partial charge in [-0.3, -0.25) is 9.59 Å². The van der Waals surface area contributed by atoms with Crippen molar-refractivity contribution in [3.63, 3.8) is 0 Å². The molecular formula is C27H30ClFN4O2. The first kappa shape index (κ1) is 25.0. The quantitative estimate of drug-likeness (QED) is 0.567. The highest BCUT2D eigenvalue weighted by molar-refractivity contribution is 6.33. The van der Waals surface area contributed by atoms with Crippen molar-refractivity contribution in [1.29, 1.82) is 0 Å². The molecule has 1 fully saturated rings. The van der Waals surface area contributed by atoms with Crippen molar-refractivity contribution in [1.82, 2.24) is 14.8 Å².